The van der Waals surface area contributed by atoms with E-state index < -0.39 is 0 Å². The van der Waals surface area contributed by atoms with Crippen LogP contribution in [0.5, 0.6) is 0 Å². The molecule has 0 aliphatic heterocycles. The lowest BCUT2D eigenvalue weighted by Crippen LogP contribution is -2.22. The van der Waals surface area contributed by atoms with Crippen molar-refractivity contribution < 1.29 is 9.21 Å². The maximum absolute atomic E-state index is 12.3. The van der Waals surface area contributed by atoms with Crippen molar-refractivity contribution in [3.63, 3.8) is 0 Å². The molecule has 1 saturated carbocycles. The van der Waals surface area contributed by atoms with Gasteiger partial charge in [0.1, 0.15) is 11.0 Å². The zero-order valence-electron chi connectivity index (χ0n) is 12.4. The number of hydrogen-bond acceptors (Lipinski definition) is 7. The normalized spacial score (nSPS) is 15.7. The van der Waals surface area contributed by atoms with Gasteiger partial charge in [-0.2, -0.15) is 0 Å². The molecular formula is C15H14N4O2S2. The van der Waals surface area contributed by atoms with Crippen LogP contribution >= 0.6 is 23.1 Å². The molecule has 4 rings (SSSR count). The Morgan fingerprint density at radius 2 is 2.35 bits per heavy atom. The van der Waals surface area contributed by atoms with Gasteiger partial charge < -0.3 is 9.73 Å². The lowest BCUT2D eigenvalue weighted by molar-refractivity contribution is -0.115. The van der Waals surface area contributed by atoms with E-state index >= 15 is 0 Å². The maximum atomic E-state index is 12.3. The van der Waals surface area contributed by atoms with Crippen LogP contribution in [0.1, 0.15) is 31.6 Å². The number of amides is 1. The molecule has 1 N–H and O–H groups in total. The molecule has 1 amide bonds. The second kappa shape index (κ2) is 5.93. The van der Waals surface area contributed by atoms with Crippen molar-refractivity contribution in [3.8, 4) is 0 Å². The fourth-order valence-electron chi connectivity index (χ4n) is 2.19. The molecule has 1 aliphatic carbocycles. The minimum atomic E-state index is -0.252. The van der Waals surface area contributed by atoms with Gasteiger partial charge in [-0.3, -0.25) is 4.79 Å². The highest BCUT2D eigenvalue weighted by atomic mass is 32.2. The number of nitrogens with one attached hydrogen (secondary N) is 1. The van der Waals surface area contributed by atoms with E-state index in [1.807, 2.05) is 25.1 Å². The number of carbonyl (C=O) groups excluding carboxylic acids is 1. The second-order valence-corrected chi connectivity index (χ2v) is 7.88. The van der Waals surface area contributed by atoms with E-state index in [2.05, 4.69) is 20.5 Å². The number of hydrogen-bond donors (Lipinski definition) is 1. The van der Waals surface area contributed by atoms with Gasteiger partial charge in [-0.05, 0) is 38.0 Å². The zero-order valence-corrected chi connectivity index (χ0v) is 14.0. The molecule has 0 spiro atoms. The summed E-state index contributed by atoms with van der Waals surface area (Å²) in [7, 11) is 0. The fraction of sp³-hybridized carbons (Fsp3) is 0.333. The number of thioether (sulfide) groups is 1. The van der Waals surface area contributed by atoms with E-state index in [-0.39, 0.29) is 11.2 Å². The first-order chi connectivity index (χ1) is 11.2. The summed E-state index contributed by atoms with van der Waals surface area (Å²) in [6, 6.07) is 5.54. The first-order valence-electron chi connectivity index (χ1n) is 7.33. The number of rotatable bonds is 5. The third-order valence-electron chi connectivity index (χ3n) is 3.59. The second-order valence-electron chi connectivity index (χ2n) is 5.46. The standard InChI is InChI=1S/C15H14N4O2S2/c1-8(23-15-19-16-7-22-15)13(20)17-10-4-5-12-11(6-10)18-14(21-12)9-2-3-9/h4-9H,2-3H2,1H3,(H,17,20)/t8-/m1/s1. The van der Waals surface area contributed by atoms with E-state index in [0.717, 1.165) is 39.9 Å². The summed E-state index contributed by atoms with van der Waals surface area (Å²) in [5, 5.41) is 10.4. The van der Waals surface area contributed by atoms with Gasteiger partial charge >= 0.3 is 0 Å². The predicted octanol–water partition coefficient (Wildman–Crippen LogP) is 3.68. The van der Waals surface area contributed by atoms with E-state index in [9.17, 15) is 4.79 Å². The lowest BCUT2D eigenvalue weighted by atomic mass is 10.3. The van der Waals surface area contributed by atoms with Gasteiger partial charge in [0, 0.05) is 11.6 Å². The Balaban J connectivity index is 1.46. The van der Waals surface area contributed by atoms with Crippen LogP contribution in [-0.4, -0.2) is 26.3 Å². The van der Waals surface area contributed by atoms with Crippen molar-refractivity contribution in [2.24, 2.45) is 0 Å². The lowest BCUT2D eigenvalue weighted by Gasteiger charge is -2.10. The summed E-state index contributed by atoms with van der Waals surface area (Å²) in [5.41, 5.74) is 3.93. The van der Waals surface area contributed by atoms with Gasteiger partial charge in [-0.15, -0.1) is 10.2 Å². The Morgan fingerprint density at radius 3 is 3.09 bits per heavy atom. The minimum Gasteiger partial charge on any atom is -0.440 e. The van der Waals surface area contributed by atoms with Crippen LogP contribution in [0.25, 0.3) is 11.1 Å². The highest BCUT2D eigenvalue weighted by Crippen LogP contribution is 2.40. The van der Waals surface area contributed by atoms with Gasteiger partial charge in [0.15, 0.2) is 15.8 Å². The Hall–Kier alpha value is -1.93. The van der Waals surface area contributed by atoms with Crippen molar-refractivity contribution in [2.45, 2.75) is 35.3 Å². The first-order valence-corrected chi connectivity index (χ1v) is 9.09. The molecule has 3 aromatic rings. The highest BCUT2D eigenvalue weighted by molar-refractivity contribution is 8.02. The largest absolute Gasteiger partial charge is 0.440 e. The van der Waals surface area contributed by atoms with Crippen LogP contribution in [0, 0.1) is 0 Å². The van der Waals surface area contributed by atoms with Crippen LogP contribution in [0.2, 0.25) is 0 Å². The van der Waals surface area contributed by atoms with Crippen molar-refractivity contribution in [1.29, 1.82) is 0 Å². The number of aromatic nitrogens is 3. The number of nitrogens with zero attached hydrogens (tertiary/aromatic N) is 3. The van der Waals surface area contributed by atoms with Crippen LogP contribution < -0.4 is 5.32 Å². The molecule has 118 valence electrons. The number of benzene rings is 1. The predicted molar refractivity (Wildman–Crippen MR) is 89.8 cm³/mol. The van der Waals surface area contributed by atoms with Crippen molar-refractivity contribution >= 4 is 45.8 Å². The molecular weight excluding hydrogens is 332 g/mol. The summed E-state index contributed by atoms with van der Waals surface area (Å²) in [6.07, 6.45) is 2.30. The average molecular weight is 346 g/mol. The van der Waals surface area contributed by atoms with E-state index in [0.29, 0.717) is 5.92 Å². The van der Waals surface area contributed by atoms with Gasteiger partial charge in [0.25, 0.3) is 0 Å². The summed E-state index contributed by atoms with van der Waals surface area (Å²) >= 11 is 2.82. The van der Waals surface area contributed by atoms with Crippen molar-refractivity contribution in [3.05, 3.63) is 29.6 Å². The van der Waals surface area contributed by atoms with Crippen LogP contribution in [0.15, 0.2) is 32.5 Å². The van der Waals surface area contributed by atoms with E-state index in [4.69, 9.17) is 4.42 Å². The Kier molecular flexibility index (Phi) is 3.78. The summed E-state index contributed by atoms with van der Waals surface area (Å²) in [6.45, 7) is 1.85. The monoisotopic (exact) mass is 346 g/mol. The molecule has 2 heterocycles. The van der Waals surface area contributed by atoms with Gasteiger partial charge in [-0.1, -0.05) is 23.1 Å². The Labute approximate surface area is 140 Å². The zero-order chi connectivity index (χ0) is 15.8. The van der Waals surface area contributed by atoms with Crippen molar-refractivity contribution in [2.75, 3.05) is 5.32 Å². The molecule has 0 bridgehead atoms. The molecule has 0 radical (unpaired) electrons. The van der Waals surface area contributed by atoms with E-state index in [1.54, 1.807) is 5.51 Å². The SMILES string of the molecule is C[C@@H](Sc1nncs1)C(=O)Nc1ccc2oc(C3CC3)nc2c1. The third kappa shape index (κ3) is 3.23. The van der Waals surface area contributed by atoms with Crippen LogP contribution in [-0.2, 0) is 4.79 Å². The fourth-order valence-corrected chi connectivity index (χ4v) is 3.82. The summed E-state index contributed by atoms with van der Waals surface area (Å²) in [4.78, 5) is 16.8. The molecule has 0 saturated heterocycles. The highest BCUT2D eigenvalue weighted by Gasteiger charge is 2.29. The first kappa shape index (κ1) is 14.6. The number of carbonyl (C=O) groups is 1. The Bertz CT molecular complexity index is 842. The molecule has 8 heteroatoms. The smallest absolute Gasteiger partial charge is 0.237 e. The molecule has 1 aliphatic rings. The number of anilines is 1. The molecule has 1 aromatic carbocycles. The number of fused-ring (bicyclic) bond motifs is 1. The topological polar surface area (TPSA) is 80.9 Å². The van der Waals surface area contributed by atoms with E-state index in [1.165, 1.54) is 23.1 Å². The summed E-state index contributed by atoms with van der Waals surface area (Å²) in [5.74, 6) is 1.21. The summed E-state index contributed by atoms with van der Waals surface area (Å²) < 4.78 is 6.51. The quantitative estimate of drug-likeness (QED) is 0.710. The molecule has 0 unspecified atom stereocenters. The molecule has 6 nitrogen and oxygen atoms in total. The minimum absolute atomic E-state index is 0.0736. The average Bonchev–Trinajstić information content (AvgIpc) is 3.10. The van der Waals surface area contributed by atoms with Crippen LogP contribution in [0.4, 0.5) is 5.69 Å². The van der Waals surface area contributed by atoms with Gasteiger partial charge in [-0.25, -0.2) is 4.98 Å². The van der Waals surface area contributed by atoms with Gasteiger partial charge in [0.05, 0.1) is 5.25 Å². The van der Waals surface area contributed by atoms with Gasteiger partial charge in [0.2, 0.25) is 5.91 Å². The third-order valence-corrected chi connectivity index (χ3v) is 5.50. The molecule has 2 aromatic heterocycles. The maximum Gasteiger partial charge on any atom is 0.237 e. The molecule has 23 heavy (non-hydrogen) atoms. The molecule has 1 fully saturated rings. The van der Waals surface area contributed by atoms with Crippen molar-refractivity contribution in [1.82, 2.24) is 15.2 Å². The molecule has 1 atom stereocenters. The van der Waals surface area contributed by atoms with Crippen LogP contribution in [0.3, 0.4) is 0 Å². The Morgan fingerprint density at radius 1 is 1.48 bits per heavy atom. The number of oxazole rings is 1.